The quantitative estimate of drug-likeness (QED) is 0.688. The zero-order valence-corrected chi connectivity index (χ0v) is 8.86. The van der Waals surface area contributed by atoms with Crippen molar-refractivity contribution < 1.29 is 9.53 Å². The molecule has 1 rings (SSSR count). The third kappa shape index (κ3) is 2.87. The van der Waals surface area contributed by atoms with Crippen LogP contribution in [0.15, 0.2) is 30.3 Å². The number of benzene rings is 1. The van der Waals surface area contributed by atoms with Crippen LogP contribution in [0, 0.1) is 5.92 Å². The first-order valence-electron chi connectivity index (χ1n) is 4.86. The first kappa shape index (κ1) is 10.8. The largest absolute Gasteiger partial charge is 0.458 e. The fourth-order valence-electron chi connectivity index (χ4n) is 1.10. The number of hydrogen-bond acceptors (Lipinski definition) is 2. The Hall–Kier alpha value is -1.31. The molecule has 14 heavy (non-hydrogen) atoms. The molecule has 0 aliphatic carbocycles. The molecule has 0 aliphatic heterocycles. The number of carbonyl (C=O) groups is 1. The Balaban J connectivity index is 2.59. The molecular weight excluding hydrogens is 176 g/mol. The lowest BCUT2D eigenvalue weighted by atomic mass is 10.1. The summed E-state index contributed by atoms with van der Waals surface area (Å²) < 4.78 is 5.26. The normalized spacial score (nSPS) is 12.6. The van der Waals surface area contributed by atoms with Crippen molar-refractivity contribution in [1.82, 2.24) is 0 Å². The second kappa shape index (κ2) is 4.80. The van der Waals surface area contributed by atoms with Gasteiger partial charge in [-0.1, -0.05) is 44.2 Å². The Morgan fingerprint density at radius 3 is 2.21 bits per heavy atom. The monoisotopic (exact) mass is 192 g/mol. The second-order valence-electron chi connectivity index (χ2n) is 3.64. The van der Waals surface area contributed by atoms with Crippen LogP contribution in [0.5, 0.6) is 0 Å². The van der Waals surface area contributed by atoms with E-state index in [-0.39, 0.29) is 18.0 Å². The van der Waals surface area contributed by atoms with Crippen LogP contribution in [-0.4, -0.2) is 5.97 Å². The Labute approximate surface area is 84.9 Å². The molecule has 0 saturated heterocycles. The topological polar surface area (TPSA) is 26.3 Å². The van der Waals surface area contributed by atoms with Gasteiger partial charge in [0.25, 0.3) is 0 Å². The van der Waals surface area contributed by atoms with Crippen LogP contribution in [0.1, 0.15) is 32.4 Å². The molecular formula is C12H16O2. The van der Waals surface area contributed by atoms with E-state index in [2.05, 4.69) is 0 Å². The highest BCUT2D eigenvalue weighted by Crippen LogP contribution is 2.17. The summed E-state index contributed by atoms with van der Waals surface area (Å²) in [7, 11) is 0. The van der Waals surface area contributed by atoms with Gasteiger partial charge in [-0.15, -0.1) is 0 Å². The van der Waals surface area contributed by atoms with E-state index in [0.29, 0.717) is 0 Å². The molecule has 1 aromatic rings. The highest BCUT2D eigenvalue weighted by Gasteiger charge is 2.13. The lowest BCUT2D eigenvalue weighted by Crippen LogP contribution is -2.14. The van der Waals surface area contributed by atoms with E-state index in [9.17, 15) is 4.79 Å². The van der Waals surface area contributed by atoms with Crippen LogP contribution >= 0.6 is 0 Å². The fraction of sp³-hybridized carbons (Fsp3) is 0.417. The molecule has 0 saturated carbocycles. The van der Waals surface area contributed by atoms with Crippen LogP contribution in [0.25, 0.3) is 0 Å². The van der Waals surface area contributed by atoms with Crippen molar-refractivity contribution in [2.45, 2.75) is 26.9 Å². The van der Waals surface area contributed by atoms with Crippen molar-refractivity contribution in [2.75, 3.05) is 0 Å². The molecule has 0 aliphatic rings. The minimum absolute atomic E-state index is 0.0684. The molecule has 2 heteroatoms. The van der Waals surface area contributed by atoms with E-state index in [1.54, 1.807) is 0 Å². The molecule has 0 bridgehead atoms. The number of hydrogen-bond donors (Lipinski definition) is 0. The van der Waals surface area contributed by atoms with E-state index in [1.807, 2.05) is 51.1 Å². The minimum atomic E-state index is -0.161. The Bertz CT molecular complexity index is 290. The smallest absolute Gasteiger partial charge is 0.308 e. The van der Waals surface area contributed by atoms with E-state index in [0.717, 1.165) is 5.56 Å². The SMILES string of the molecule is CC(C)C(=O)OC(C)c1ccccc1. The number of rotatable bonds is 3. The summed E-state index contributed by atoms with van der Waals surface area (Å²) in [6.45, 7) is 5.55. The summed E-state index contributed by atoms with van der Waals surface area (Å²) in [6.07, 6.45) is -0.161. The van der Waals surface area contributed by atoms with Crippen LogP contribution < -0.4 is 0 Å². The molecule has 76 valence electrons. The van der Waals surface area contributed by atoms with Crippen molar-refractivity contribution in [3.8, 4) is 0 Å². The molecule has 0 spiro atoms. The van der Waals surface area contributed by atoms with Gasteiger partial charge in [0.15, 0.2) is 0 Å². The predicted molar refractivity (Wildman–Crippen MR) is 55.8 cm³/mol. The van der Waals surface area contributed by atoms with Gasteiger partial charge in [-0.05, 0) is 12.5 Å². The highest BCUT2D eigenvalue weighted by molar-refractivity contribution is 5.71. The lowest BCUT2D eigenvalue weighted by Gasteiger charge is -2.14. The number of carbonyl (C=O) groups excluding carboxylic acids is 1. The Morgan fingerprint density at radius 2 is 1.71 bits per heavy atom. The maximum absolute atomic E-state index is 11.3. The fourth-order valence-corrected chi connectivity index (χ4v) is 1.10. The third-order valence-corrected chi connectivity index (χ3v) is 2.03. The molecule has 1 atom stereocenters. The molecule has 0 aromatic heterocycles. The van der Waals surface area contributed by atoms with E-state index >= 15 is 0 Å². The minimum Gasteiger partial charge on any atom is -0.458 e. The van der Waals surface area contributed by atoms with E-state index in [1.165, 1.54) is 0 Å². The van der Waals surface area contributed by atoms with Crippen LogP contribution in [0.4, 0.5) is 0 Å². The van der Waals surface area contributed by atoms with E-state index in [4.69, 9.17) is 4.74 Å². The van der Waals surface area contributed by atoms with Crippen molar-refractivity contribution in [2.24, 2.45) is 5.92 Å². The molecule has 2 nitrogen and oxygen atoms in total. The molecule has 0 fully saturated rings. The molecule has 0 heterocycles. The highest BCUT2D eigenvalue weighted by atomic mass is 16.5. The molecule has 1 aromatic carbocycles. The van der Waals surface area contributed by atoms with Crippen molar-refractivity contribution in [3.63, 3.8) is 0 Å². The summed E-state index contributed by atoms with van der Waals surface area (Å²) in [5.41, 5.74) is 1.03. The van der Waals surface area contributed by atoms with Crippen molar-refractivity contribution in [3.05, 3.63) is 35.9 Å². The van der Waals surface area contributed by atoms with Gasteiger partial charge in [0.05, 0.1) is 5.92 Å². The van der Waals surface area contributed by atoms with Gasteiger partial charge in [-0.3, -0.25) is 4.79 Å². The van der Waals surface area contributed by atoms with Crippen LogP contribution in [0.3, 0.4) is 0 Å². The molecule has 0 amide bonds. The van der Waals surface area contributed by atoms with Gasteiger partial charge in [0.2, 0.25) is 0 Å². The lowest BCUT2D eigenvalue weighted by molar-refractivity contribution is -0.152. The molecule has 0 radical (unpaired) electrons. The standard InChI is InChI=1S/C12H16O2/c1-9(2)12(13)14-10(3)11-7-5-4-6-8-11/h4-10H,1-3H3. The first-order chi connectivity index (χ1) is 6.61. The molecule has 0 N–H and O–H groups in total. The van der Waals surface area contributed by atoms with Crippen LogP contribution in [0.2, 0.25) is 0 Å². The summed E-state index contributed by atoms with van der Waals surface area (Å²) in [6, 6.07) is 9.74. The van der Waals surface area contributed by atoms with Crippen molar-refractivity contribution in [1.29, 1.82) is 0 Å². The van der Waals surface area contributed by atoms with Crippen LogP contribution in [-0.2, 0) is 9.53 Å². The summed E-state index contributed by atoms with van der Waals surface area (Å²) in [5, 5.41) is 0. The second-order valence-corrected chi connectivity index (χ2v) is 3.64. The number of ether oxygens (including phenoxy) is 1. The summed E-state index contributed by atoms with van der Waals surface area (Å²) in [5.74, 6) is -0.220. The Morgan fingerprint density at radius 1 is 1.14 bits per heavy atom. The van der Waals surface area contributed by atoms with Gasteiger partial charge < -0.3 is 4.74 Å². The summed E-state index contributed by atoms with van der Waals surface area (Å²) >= 11 is 0. The zero-order valence-electron chi connectivity index (χ0n) is 8.86. The average molecular weight is 192 g/mol. The molecule has 1 unspecified atom stereocenters. The first-order valence-corrected chi connectivity index (χ1v) is 4.86. The maximum atomic E-state index is 11.3. The average Bonchev–Trinajstić information content (AvgIpc) is 2.19. The van der Waals surface area contributed by atoms with Gasteiger partial charge in [0, 0.05) is 0 Å². The van der Waals surface area contributed by atoms with Gasteiger partial charge in [-0.25, -0.2) is 0 Å². The van der Waals surface area contributed by atoms with Gasteiger partial charge >= 0.3 is 5.97 Å². The van der Waals surface area contributed by atoms with E-state index < -0.39 is 0 Å². The summed E-state index contributed by atoms with van der Waals surface area (Å²) in [4.78, 5) is 11.3. The predicted octanol–water partition coefficient (Wildman–Crippen LogP) is 2.95. The van der Waals surface area contributed by atoms with Gasteiger partial charge in [0.1, 0.15) is 6.10 Å². The van der Waals surface area contributed by atoms with Gasteiger partial charge in [-0.2, -0.15) is 0 Å². The number of esters is 1. The van der Waals surface area contributed by atoms with Crippen molar-refractivity contribution >= 4 is 5.97 Å². The maximum Gasteiger partial charge on any atom is 0.308 e. The zero-order chi connectivity index (χ0) is 10.6. The Kier molecular flexibility index (Phi) is 3.69. The third-order valence-electron chi connectivity index (χ3n) is 2.03.